The Balaban J connectivity index is 2.30. The predicted octanol–water partition coefficient (Wildman–Crippen LogP) is 3.32. The van der Waals surface area contributed by atoms with Gasteiger partial charge in [-0.1, -0.05) is 23.2 Å². The van der Waals surface area contributed by atoms with Crippen molar-refractivity contribution < 1.29 is 9.90 Å². The molecular formula is C14H8Cl2N2O3. The Morgan fingerprint density at radius 3 is 2.57 bits per heavy atom. The van der Waals surface area contributed by atoms with Gasteiger partial charge in [0.15, 0.2) is 0 Å². The summed E-state index contributed by atoms with van der Waals surface area (Å²) in [6.07, 6.45) is 0. The van der Waals surface area contributed by atoms with Crippen LogP contribution in [0.15, 0.2) is 41.2 Å². The fraction of sp³-hybridized carbons (Fsp3) is 0. The Morgan fingerprint density at radius 1 is 1.14 bits per heavy atom. The Kier molecular flexibility index (Phi) is 3.23. The molecule has 1 aromatic heterocycles. The molecule has 0 atom stereocenters. The first-order chi connectivity index (χ1) is 9.97. The van der Waals surface area contributed by atoms with Gasteiger partial charge in [0.1, 0.15) is 0 Å². The molecule has 0 spiro atoms. The van der Waals surface area contributed by atoms with Gasteiger partial charge in [-0.15, -0.1) is 0 Å². The van der Waals surface area contributed by atoms with Gasteiger partial charge in [0.2, 0.25) is 0 Å². The molecule has 0 unspecified atom stereocenters. The van der Waals surface area contributed by atoms with E-state index in [0.29, 0.717) is 26.8 Å². The third-order valence-corrected chi connectivity index (χ3v) is 3.62. The standard InChI is InChI=1S/C14H8Cl2N2O3/c15-8-2-4-11(9(16)6-8)18-12-3-1-7(13(19)20)5-10(12)17-14(18)21/h1-6H,(H,17,21)(H,19,20). The van der Waals surface area contributed by atoms with Gasteiger partial charge >= 0.3 is 11.7 Å². The van der Waals surface area contributed by atoms with Crippen LogP contribution in [0, 0.1) is 0 Å². The monoisotopic (exact) mass is 322 g/mol. The quantitative estimate of drug-likeness (QED) is 0.759. The first-order valence-corrected chi connectivity index (χ1v) is 6.66. The predicted molar refractivity (Wildman–Crippen MR) is 80.9 cm³/mol. The van der Waals surface area contributed by atoms with E-state index in [9.17, 15) is 9.59 Å². The number of benzene rings is 2. The number of carboxylic acid groups (broad SMARTS) is 1. The summed E-state index contributed by atoms with van der Waals surface area (Å²) in [5, 5.41) is 9.77. The summed E-state index contributed by atoms with van der Waals surface area (Å²) in [7, 11) is 0. The minimum atomic E-state index is -1.06. The highest BCUT2D eigenvalue weighted by Crippen LogP contribution is 2.26. The molecule has 2 N–H and O–H groups in total. The number of rotatable bonds is 2. The Bertz CT molecular complexity index is 928. The molecule has 0 fully saturated rings. The van der Waals surface area contributed by atoms with E-state index in [1.54, 1.807) is 18.2 Å². The largest absolute Gasteiger partial charge is 0.478 e. The van der Waals surface area contributed by atoms with Gasteiger partial charge in [-0.25, -0.2) is 9.59 Å². The highest BCUT2D eigenvalue weighted by atomic mass is 35.5. The number of nitrogens with one attached hydrogen (secondary N) is 1. The lowest BCUT2D eigenvalue weighted by atomic mass is 10.2. The molecule has 0 saturated carbocycles. The zero-order valence-electron chi connectivity index (χ0n) is 10.4. The van der Waals surface area contributed by atoms with E-state index in [-0.39, 0.29) is 5.56 Å². The molecule has 3 aromatic rings. The lowest BCUT2D eigenvalue weighted by Gasteiger charge is -2.06. The van der Waals surface area contributed by atoms with Crippen molar-refractivity contribution in [3.63, 3.8) is 0 Å². The van der Waals surface area contributed by atoms with Gasteiger partial charge < -0.3 is 10.1 Å². The van der Waals surface area contributed by atoms with Crippen molar-refractivity contribution >= 4 is 40.2 Å². The molecule has 21 heavy (non-hydrogen) atoms. The van der Waals surface area contributed by atoms with Crippen LogP contribution >= 0.6 is 23.2 Å². The smallest absolute Gasteiger partial charge is 0.335 e. The zero-order valence-corrected chi connectivity index (χ0v) is 11.9. The first-order valence-electron chi connectivity index (χ1n) is 5.91. The number of hydrogen-bond donors (Lipinski definition) is 2. The molecule has 0 amide bonds. The zero-order chi connectivity index (χ0) is 15.1. The van der Waals surface area contributed by atoms with E-state index in [1.807, 2.05) is 0 Å². The molecule has 106 valence electrons. The highest BCUT2D eigenvalue weighted by Gasteiger charge is 2.13. The van der Waals surface area contributed by atoms with Crippen molar-refractivity contribution in [2.45, 2.75) is 0 Å². The van der Waals surface area contributed by atoms with Crippen LogP contribution < -0.4 is 5.69 Å². The molecule has 0 bridgehead atoms. The number of aromatic nitrogens is 2. The second kappa shape index (κ2) is 4.95. The van der Waals surface area contributed by atoms with Crippen molar-refractivity contribution in [1.29, 1.82) is 0 Å². The van der Waals surface area contributed by atoms with Gasteiger partial charge in [-0.3, -0.25) is 4.57 Å². The van der Waals surface area contributed by atoms with Gasteiger partial charge in [-0.05, 0) is 36.4 Å². The molecule has 0 aliphatic heterocycles. The fourth-order valence-electron chi connectivity index (χ4n) is 2.15. The highest BCUT2D eigenvalue weighted by molar-refractivity contribution is 6.35. The Hall–Kier alpha value is -2.24. The first kappa shape index (κ1) is 13.7. The van der Waals surface area contributed by atoms with E-state index in [4.69, 9.17) is 28.3 Å². The number of carboxylic acids is 1. The van der Waals surface area contributed by atoms with E-state index in [0.717, 1.165) is 0 Å². The van der Waals surface area contributed by atoms with E-state index in [2.05, 4.69) is 4.98 Å². The van der Waals surface area contributed by atoms with Gasteiger partial charge in [0.05, 0.1) is 27.3 Å². The molecule has 0 saturated heterocycles. The third kappa shape index (κ3) is 2.30. The number of fused-ring (bicyclic) bond motifs is 1. The molecule has 0 radical (unpaired) electrons. The maximum atomic E-state index is 12.1. The summed E-state index contributed by atoms with van der Waals surface area (Å²) in [6, 6.07) is 9.18. The van der Waals surface area contributed by atoms with E-state index in [1.165, 1.54) is 22.8 Å². The number of aromatic amines is 1. The average Bonchev–Trinajstić information content (AvgIpc) is 2.74. The topological polar surface area (TPSA) is 75.1 Å². The molecule has 0 aliphatic rings. The minimum Gasteiger partial charge on any atom is -0.478 e. The Labute approximate surface area is 128 Å². The lowest BCUT2D eigenvalue weighted by molar-refractivity contribution is 0.0697. The number of aromatic carboxylic acids is 1. The van der Waals surface area contributed by atoms with Crippen LogP contribution in [0.4, 0.5) is 0 Å². The van der Waals surface area contributed by atoms with Crippen molar-refractivity contribution in [1.82, 2.24) is 9.55 Å². The molecule has 2 aromatic carbocycles. The third-order valence-electron chi connectivity index (χ3n) is 3.08. The van der Waals surface area contributed by atoms with Crippen LogP contribution in [0.3, 0.4) is 0 Å². The van der Waals surface area contributed by atoms with E-state index < -0.39 is 11.7 Å². The fourth-order valence-corrected chi connectivity index (χ4v) is 2.64. The molecule has 1 heterocycles. The number of nitrogens with zero attached hydrogens (tertiary/aromatic N) is 1. The summed E-state index contributed by atoms with van der Waals surface area (Å²) in [5.74, 6) is -1.06. The maximum Gasteiger partial charge on any atom is 0.335 e. The normalized spacial score (nSPS) is 11.0. The van der Waals surface area contributed by atoms with Gasteiger partial charge in [0.25, 0.3) is 0 Å². The maximum absolute atomic E-state index is 12.1. The molecule has 3 rings (SSSR count). The van der Waals surface area contributed by atoms with Crippen LogP contribution in [0.5, 0.6) is 0 Å². The van der Waals surface area contributed by atoms with Crippen molar-refractivity contribution in [3.8, 4) is 5.69 Å². The van der Waals surface area contributed by atoms with E-state index >= 15 is 0 Å². The van der Waals surface area contributed by atoms with Crippen LogP contribution in [0.25, 0.3) is 16.7 Å². The average molecular weight is 323 g/mol. The van der Waals surface area contributed by atoms with Crippen LogP contribution in [-0.4, -0.2) is 20.6 Å². The summed E-state index contributed by atoms with van der Waals surface area (Å²) in [5.41, 5.74) is 1.12. The van der Waals surface area contributed by atoms with Gasteiger partial charge in [-0.2, -0.15) is 0 Å². The van der Waals surface area contributed by atoms with Crippen molar-refractivity contribution in [2.24, 2.45) is 0 Å². The van der Waals surface area contributed by atoms with Crippen LogP contribution in [0.2, 0.25) is 10.0 Å². The van der Waals surface area contributed by atoms with Crippen molar-refractivity contribution in [3.05, 3.63) is 62.5 Å². The molecule has 7 heteroatoms. The van der Waals surface area contributed by atoms with Crippen LogP contribution in [-0.2, 0) is 0 Å². The molecule has 0 aliphatic carbocycles. The number of imidazole rings is 1. The summed E-state index contributed by atoms with van der Waals surface area (Å²) >= 11 is 12.0. The summed E-state index contributed by atoms with van der Waals surface area (Å²) in [4.78, 5) is 25.7. The number of carbonyl (C=O) groups is 1. The second-order valence-electron chi connectivity index (χ2n) is 4.40. The summed E-state index contributed by atoms with van der Waals surface area (Å²) in [6.45, 7) is 0. The number of halogens is 2. The minimum absolute atomic E-state index is 0.0955. The van der Waals surface area contributed by atoms with Crippen molar-refractivity contribution in [2.75, 3.05) is 0 Å². The molecular weight excluding hydrogens is 315 g/mol. The second-order valence-corrected chi connectivity index (χ2v) is 5.24. The number of hydrogen-bond acceptors (Lipinski definition) is 2. The number of H-pyrrole nitrogens is 1. The van der Waals surface area contributed by atoms with Crippen LogP contribution in [0.1, 0.15) is 10.4 Å². The van der Waals surface area contributed by atoms with Gasteiger partial charge in [0, 0.05) is 5.02 Å². The SMILES string of the molecule is O=C(O)c1ccc2c(c1)[nH]c(=O)n2-c1ccc(Cl)cc1Cl. The Morgan fingerprint density at radius 2 is 1.90 bits per heavy atom. The lowest BCUT2D eigenvalue weighted by Crippen LogP contribution is -2.14. The molecule has 5 nitrogen and oxygen atoms in total. The summed E-state index contributed by atoms with van der Waals surface area (Å²) < 4.78 is 1.37.